The normalized spacial score (nSPS) is 10.5. The van der Waals surface area contributed by atoms with Gasteiger partial charge >= 0.3 is 0 Å². The van der Waals surface area contributed by atoms with E-state index in [0.717, 1.165) is 11.8 Å². The quantitative estimate of drug-likeness (QED) is 0.303. The Hall–Kier alpha value is -2.74. The van der Waals surface area contributed by atoms with Gasteiger partial charge in [0.1, 0.15) is 5.82 Å². The highest BCUT2D eigenvalue weighted by Gasteiger charge is 2.21. The molecule has 0 spiro atoms. The third-order valence-corrected chi connectivity index (χ3v) is 5.66. The van der Waals surface area contributed by atoms with E-state index in [4.69, 9.17) is 28.2 Å². The lowest BCUT2D eigenvalue weighted by Crippen LogP contribution is -2.04. The molecule has 0 atom stereocenters. The highest BCUT2D eigenvalue weighted by molar-refractivity contribution is 7.90. The molecule has 2 aromatic carbocycles. The summed E-state index contributed by atoms with van der Waals surface area (Å²) in [7, 11) is -3.57. The second kappa shape index (κ2) is 11.9. The first-order valence-corrected chi connectivity index (χ1v) is 13.1. The molecule has 2 aromatic heterocycles. The van der Waals surface area contributed by atoms with Crippen molar-refractivity contribution in [1.82, 2.24) is 19.9 Å². The van der Waals surface area contributed by atoms with Gasteiger partial charge in [0.25, 0.3) is 0 Å². The van der Waals surface area contributed by atoms with Gasteiger partial charge in [0.2, 0.25) is 15.0 Å². The van der Waals surface area contributed by atoms with Crippen molar-refractivity contribution in [2.75, 3.05) is 6.26 Å². The van der Waals surface area contributed by atoms with Crippen LogP contribution in [0, 0.1) is 0 Å². The van der Waals surface area contributed by atoms with Gasteiger partial charge in [-0.1, -0.05) is 87.3 Å². The Balaban J connectivity index is 0.000000914. The molecule has 6 nitrogen and oxygen atoms in total. The van der Waals surface area contributed by atoms with E-state index in [1.54, 1.807) is 24.3 Å². The van der Waals surface area contributed by atoms with Crippen LogP contribution in [0.1, 0.15) is 27.7 Å². The Kier molecular flexibility index (Phi) is 9.58. The van der Waals surface area contributed by atoms with Gasteiger partial charge in [-0.05, 0) is 18.2 Å². The van der Waals surface area contributed by atoms with Crippen molar-refractivity contribution >= 4 is 33.0 Å². The summed E-state index contributed by atoms with van der Waals surface area (Å²) in [5, 5.41) is 0.620. The fourth-order valence-corrected chi connectivity index (χ4v) is 3.96. The number of imidazole rings is 1. The first-order valence-electron chi connectivity index (χ1n) is 10.5. The number of hydrogen-bond acceptors (Lipinski definition) is 5. The molecular formula is C24H26Cl2N4O2S. The van der Waals surface area contributed by atoms with Crippen LogP contribution in [0.3, 0.4) is 0 Å². The fraction of sp³-hybridized carbons (Fsp3) is 0.208. The second-order valence-corrected chi connectivity index (χ2v) is 8.99. The molecule has 2 heterocycles. The molecule has 1 N–H and O–H groups in total. The predicted molar refractivity (Wildman–Crippen MR) is 136 cm³/mol. The van der Waals surface area contributed by atoms with Crippen molar-refractivity contribution in [2.24, 2.45) is 0 Å². The van der Waals surface area contributed by atoms with Gasteiger partial charge in [0.05, 0.1) is 32.7 Å². The van der Waals surface area contributed by atoms with Crippen LogP contribution < -0.4 is 0 Å². The number of aromatic amines is 1. The Morgan fingerprint density at radius 1 is 0.818 bits per heavy atom. The van der Waals surface area contributed by atoms with E-state index in [-0.39, 0.29) is 5.16 Å². The maximum absolute atomic E-state index is 11.9. The summed E-state index contributed by atoms with van der Waals surface area (Å²) in [6.07, 6.45) is 2.46. The zero-order chi connectivity index (χ0) is 24.6. The Morgan fingerprint density at radius 2 is 1.42 bits per heavy atom. The topological polar surface area (TPSA) is 88.6 Å². The first kappa shape index (κ1) is 26.5. The molecule has 0 radical (unpaired) electrons. The second-order valence-electron chi connectivity index (χ2n) is 6.27. The largest absolute Gasteiger partial charge is 0.336 e. The van der Waals surface area contributed by atoms with Crippen molar-refractivity contribution in [3.63, 3.8) is 0 Å². The standard InChI is InChI=1S/C20H14Cl2N4O2S.2C2H6/c1-29(27,28)20-23-11-10-15(24-20)18-17(12-6-3-2-4-7-12)25-19(26-18)16-13(21)8-5-9-14(16)22;2*1-2/h2-11H,1H3,(H,25,26);2*1-2H3. The maximum Gasteiger partial charge on any atom is 0.247 e. The summed E-state index contributed by atoms with van der Waals surface area (Å²) in [5.41, 5.74) is 2.90. The summed E-state index contributed by atoms with van der Waals surface area (Å²) in [6, 6.07) is 16.3. The SMILES string of the molecule is CC.CC.CS(=O)(=O)c1nccc(-c2[nH]c(-c3c(Cl)cccc3Cl)nc2-c2ccccc2)n1. The monoisotopic (exact) mass is 504 g/mol. The van der Waals surface area contributed by atoms with E-state index < -0.39 is 9.84 Å². The number of rotatable bonds is 4. The molecule has 4 aromatic rings. The van der Waals surface area contributed by atoms with Crippen LogP contribution in [0.4, 0.5) is 0 Å². The lowest BCUT2D eigenvalue weighted by Gasteiger charge is -2.04. The van der Waals surface area contributed by atoms with Crippen LogP contribution in [-0.2, 0) is 9.84 Å². The van der Waals surface area contributed by atoms with E-state index >= 15 is 0 Å². The molecule has 174 valence electrons. The number of nitrogens with one attached hydrogen (secondary N) is 1. The number of nitrogens with zero attached hydrogens (tertiary/aromatic N) is 3. The number of aromatic nitrogens is 4. The van der Waals surface area contributed by atoms with Crippen LogP contribution >= 0.6 is 23.2 Å². The number of hydrogen-bond donors (Lipinski definition) is 1. The smallest absolute Gasteiger partial charge is 0.247 e. The summed E-state index contributed by atoms with van der Waals surface area (Å²) >= 11 is 12.7. The van der Waals surface area contributed by atoms with Gasteiger partial charge in [0.15, 0.2) is 0 Å². The molecule has 9 heteroatoms. The van der Waals surface area contributed by atoms with Crippen LogP contribution in [0.25, 0.3) is 34.0 Å². The molecule has 0 fully saturated rings. The Bertz CT molecular complexity index is 1290. The van der Waals surface area contributed by atoms with Crippen LogP contribution in [-0.4, -0.2) is 34.6 Å². The minimum atomic E-state index is -3.57. The van der Waals surface area contributed by atoms with E-state index in [9.17, 15) is 8.42 Å². The van der Waals surface area contributed by atoms with E-state index in [1.807, 2.05) is 58.0 Å². The lowest BCUT2D eigenvalue weighted by molar-refractivity contribution is 0.593. The van der Waals surface area contributed by atoms with Crippen LogP contribution in [0.15, 0.2) is 66.0 Å². The Labute approximate surface area is 205 Å². The first-order chi connectivity index (χ1) is 15.8. The fourth-order valence-electron chi connectivity index (χ4n) is 2.86. The number of benzene rings is 2. The third-order valence-electron chi connectivity index (χ3n) is 4.17. The van der Waals surface area contributed by atoms with E-state index in [1.165, 1.54) is 6.20 Å². The minimum Gasteiger partial charge on any atom is -0.336 e. The van der Waals surface area contributed by atoms with Gasteiger partial charge < -0.3 is 4.98 Å². The predicted octanol–water partition coefficient (Wildman–Crippen LogP) is 6.96. The molecule has 33 heavy (non-hydrogen) atoms. The van der Waals surface area contributed by atoms with Crippen molar-refractivity contribution in [1.29, 1.82) is 0 Å². The average molecular weight is 505 g/mol. The summed E-state index contributed by atoms with van der Waals surface area (Å²) in [6.45, 7) is 8.00. The zero-order valence-corrected chi connectivity index (χ0v) is 21.4. The van der Waals surface area contributed by atoms with Crippen molar-refractivity contribution in [3.05, 3.63) is 70.8 Å². The van der Waals surface area contributed by atoms with Crippen LogP contribution in [0.5, 0.6) is 0 Å². The average Bonchev–Trinajstić information content (AvgIpc) is 3.27. The van der Waals surface area contributed by atoms with Gasteiger partial charge in [-0.3, -0.25) is 0 Å². The van der Waals surface area contributed by atoms with E-state index in [0.29, 0.717) is 38.5 Å². The van der Waals surface area contributed by atoms with Gasteiger partial charge in [-0.15, -0.1) is 0 Å². The minimum absolute atomic E-state index is 0.263. The van der Waals surface area contributed by atoms with Crippen molar-refractivity contribution in [2.45, 2.75) is 32.9 Å². The molecule has 0 saturated carbocycles. The maximum atomic E-state index is 11.9. The molecular weight excluding hydrogens is 479 g/mol. The van der Waals surface area contributed by atoms with E-state index in [2.05, 4.69) is 15.0 Å². The van der Waals surface area contributed by atoms with Gasteiger partial charge in [0, 0.05) is 18.0 Å². The summed E-state index contributed by atoms with van der Waals surface area (Å²) in [4.78, 5) is 16.0. The molecule has 0 amide bonds. The lowest BCUT2D eigenvalue weighted by atomic mass is 10.1. The molecule has 0 aliphatic heterocycles. The molecule has 0 unspecified atom stereocenters. The molecule has 0 aliphatic rings. The van der Waals surface area contributed by atoms with Gasteiger partial charge in [-0.2, -0.15) is 0 Å². The summed E-state index contributed by atoms with van der Waals surface area (Å²) < 4.78 is 23.8. The highest BCUT2D eigenvalue weighted by Crippen LogP contribution is 2.37. The molecule has 0 bridgehead atoms. The van der Waals surface area contributed by atoms with Crippen LogP contribution in [0.2, 0.25) is 10.0 Å². The van der Waals surface area contributed by atoms with Gasteiger partial charge in [-0.25, -0.2) is 23.4 Å². The van der Waals surface area contributed by atoms with Crippen molar-refractivity contribution in [3.8, 4) is 34.0 Å². The number of H-pyrrole nitrogens is 1. The highest BCUT2D eigenvalue weighted by atomic mass is 35.5. The molecule has 0 aliphatic carbocycles. The Morgan fingerprint density at radius 3 is 2.00 bits per heavy atom. The number of sulfone groups is 1. The zero-order valence-electron chi connectivity index (χ0n) is 19.1. The summed E-state index contributed by atoms with van der Waals surface area (Å²) in [5.74, 6) is 0.453. The van der Waals surface area contributed by atoms with Crippen molar-refractivity contribution < 1.29 is 8.42 Å². The third kappa shape index (κ3) is 6.19. The molecule has 0 saturated heterocycles. The molecule has 4 rings (SSSR count). The number of halogens is 2.